The lowest BCUT2D eigenvalue weighted by Crippen LogP contribution is -2.27. The number of nitrogens with two attached hydrogens (primary N) is 1. The molecule has 22 heavy (non-hydrogen) atoms. The molecule has 3 N–H and O–H groups in total. The Hall–Kier alpha value is -2.36. The second-order valence-electron chi connectivity index (χ2n) is 6.14. The highest BCUT2D eigenvalue weighted by molar-refractivity contribution is 5.96. The van der Waals surface area contributed by atoms with Crippen molar-refractivity contribution in [3.63, 3.8) is 0 Å². The molecule has 0 fully saturated rings. The number of amides is 1. The van der Waals surface area contributed by atoms with E-state index < -0.39 is 0 Å². The highest BCUT2D eigenvalue weighted by Crippen LogP contribution is 2.42. The van der Waals surface area contributed by atoms with E-state index in [9.17, 15) is 4.79 Å². The summed E-state index contributed by atoms with van der Waals surface area (Å²) in [5.41, 5.74) is 11.7. The summed E-state index contributed by atoms with van der Waals surface area (Å²) in [5, 5.41) is 2.92. The predicted molar refractivity (Wildman–Crippen MR) is 86.8 cm³/mol. The Morgan fingerprint density at radius 3 is 2.73 bits per heavy atom. The first-order valence-corrected chi connectivity index (χ1v) is 7.90. The molecule has 0 saturated carbocycles. The minimum Gasteiger partial charge on any atom is -0.398 e. The number of rotatable bonds is 1. The molecule has 1 unspecified atom stereocenters. The lowest BCUT2D eigenvalue weighted by molar-refractivity contribution is -0.116. The van der Waals surface area contributed by atoms with Crippen LogP contribution in [-0.4, -0.2) is 10.9 Å². The number of fused-ring (bicyclic) bond motifs is 2. The van der Waals surface area contributed by atoms with Crippen molar-refractivity contribution in [2.45, 2.75) is 38.0 Å². The molecular formula is C18H19N3O. The fraction of sp³-hybridized carbons (Fsp3) is 0.333. The van der Waals surface area contributed by atoms with Crippen LogP contribution in [0.4, 0.5) is 11.5 Å². The van der Waals surface area contributed by atoms with E-state index in [4.69, 9.17) is 10.7 Å². The number of carbonyl (C=O) groups is 1. The molecule has 1 aromatic carbocycles. The molecule has 0 saturated heterocycles. The summed E-state index contributed by atoms with van der Waals surface area (Å²) in [6, 6.07) is 10.1. The second kappa shape index (κ2) is 5.13. The Morgan fingerprint density at radius 2 is 1.91 bits per heavy atom. The predicted octanol–water partition coefficient (Wildman–Crippen LogP) is 3.02. The topological polar surface area (TPSA) is 68.0 Å². The summed E-state index contributed by atoms with van der Waals surface area (Å²) < 4.78 is 0. The van der Waals surface area contributed by atoms with Crippen molar-refractivity contribution in [1.82, 2.24) is 4.98 Å². The minimum absolute atomic E-state index is 0.00433. The summed E-state index contributed by atoms with van der Waals surface area (Å²) in [6.45, 7) is 0. The summed E-state index contributed by atoms with van der Waals surface area (Å²) >= 11 is 0. The van der Waals surface area contributed by atoms with Crippen LogP contribution in [0.15, 0.2) is 30.3 Å². The molecule has 0 radical (unpaired) electrons. The summed E-state index contributed by atoms with van der Waals surface area (Å²) in [5.74, 6) is 0.692. The maximum Gasteiger partial charge on any atom is 0.226 e. The lowest BCUT2D eigenvalue weighted by Gasteiger charge is -2.30. The van der Waals surface area contributed by atoms with Gasteiger partial charge in [-0.1, -0.05) is 30.3 Å². The van der Waals surface area contributed by atoms with Gasteiger partial charge in [0.2, 0.25) is 5.91 Å². The number of pyridine rings is 1. The zero-order valence-electron chi connectivity index (χ0n) is 12.4. The number of carbonyl (C=O) groups excluding carboxylic acids is 1. The zero-order valence-corrected chi connectivity index (χ0v) is 12.4. The number of nitrogens with one attached hydrogen (secondary N) is 1. The Morgan fingerprint density at radius 1 is 1.14 bits per heavy atom. The largest absolute Gasteiger partial charge is 0.398 e. The van der Waals surface area contributed by atoms with Crippen LogP contribution >= 0.6 is 0 Å². The highest BCUT2D eigenvalue weighted by Gasteiger charge is 2.32. The quantitative estimate of drug-likeness (QED) is 0.849. The van der Waals surface area contributed by atoms with Gasteiger partial charge in [-0.05, 0) is 36.8 Å². The van der Waals surface area contributed by atoms with Crippen LogP contribution in [0, 0.1) is 0 Å². The standard InChI is InChI=1S/C18H19N3O/c19-17-12-8-4-5-9-14(12)20-18-16(17)13(10-15(22)21-18)11-6-2-1-3-7-11/h1-3,6-7,13H,4-5,8-10H2,(H3,19,20,21,22). The van der Waals surface area contributed by atoms with E-state index in [1.807, 2.05) is 18.2 Å². The minimum atomic E-state index is 0.00433. The molecule has 0 spiro atoms. The molecule has 1 aromatic heterocycles. The maximum absolute atomic E-state index is 12.1. The van der Waals surface area contributed by atoms with Gasteiger partial charge < -0.3 is 11.1 Å². The van der Waals surface area contributed by atoms with Gasteiger partial charge in [0, 0.05) is 29.3 Å². The van der Waals surface area contributed by atoms with E-state index in [0.717, 1.165) is 41.8 Å². The van der Waals surface area contributed by atoms with Crippen molar-refractivity contribution in [1.29, 1.82) is 0 Å². The van der Waals surface area contributed by atoms with Crippen LogP contribution in [0.2, 0.25) is 0 Å². The molecule has 1 aliphatic heterocycles. The summed E-state index contributed by atoms with van der Waals surface area (Å²) in [6.07, 6.45) is 4.70. The number of nitrogens with zero attached hydrogens (tertiary/aromatic N) is 1. The third kappa shape index (κ3) is 2.06. The fourth-order valence-corrected chi connectivity index (χ4v) is 3.68. The number of aromatic nitrogens is 1. The van der Waals surface area contributed by atoms with Crippen LogP contribution in [0.3, 0.4) is 0 Å². The van der Waals surface area contributed by atoms with Crippen molar-refractivity contribution in [3.05, 3.63) is 52.7 Å². The van der Waals surface area contributed by atoms with Gasteiger partial charge in [0.25, 0.3) is 0 Å². The maximum atomic E-state index is 12.1. The van der Waals surface area contributed by atoms with Crippen LogP contribution < -0.4 is 11.1 Å². The molecule has 1 atom stereocenters. The Labute approximate surface area is 129 Å². The first kappa shape index (κ1) is 13.3. The van der Waals surface area contributed by atoms with Crippen molar-refractivity contribution >= 4 is 17.4 Å². The van der Waals surface area contributed by atoms with E-state index in [2.05, 4.69) is 17.4 Å². The van der Waals surface area contributed by atoms with Gasteiger partial charge in [0.15, 0.2) is 0 Å². The van der Waals surface area contributed by atoms with Gasteiger partial charge in [-0.2, -0.15) is 0 Å². The van der Waals surface area contributed by atoms with Crippen LogP contribution in [0.1, 0.15) is 47.6 Å². The fourth-order valence-electron chi connectivity index (χ4n) is 3.68. The normalized spacial score (nSPS) is 20.0. The number of nitrogen functional groups attached to an aromatic ring is 1. The molecule has 1 amide bonds. The first-order chi connectivity index (χ1) is 10.7. The molecule has 2 aliphatic rings. The second-order valence-corrected chi connectivity index (χ2v) is 6.14. The molecular weight excluding hydrogens is 274 g/mol. The molecule has 2 aromatic rings. The van der Waals surface area contributed by atoms with E-state index in [1.165, 1.54) is 12.0 Å². The van der Waals surface area contributed by atoms with E-state index in [-0.39, 0.29) is 11.8 Å². The molecule has 112 valence electrons. The van der Waals surface area contributed by atoms with Gasteiger partial charge in [0.05, 0.1) is 0 Å². The van der Waals surface area contributed by atoms with E-state index >= 15 is 0 Å². The van der Waals surface area contributed by atoms with Crippen LogP contribution in [-0.2, 0) is 17.6 Å². The van der Waals surface area contributed by atoms with Gasteiger partial charge in [-0.15, -0.1) is 0 Å². The van der Waals surface area contributed by atoms with Gasteiger partial charge in [-0.25, -0.2) is 4.98 Å². The monoisotopic (exact) mass is 293 g/mol. The number of anilines is 2. The van der Waals surface area contributed by atoms with E-state index in [1.54, 1.807) is 0 Å². The average molecular weight is 293 g/mol. The Kier molecular flexibility index (Phi) is 3.10. The van der Waals surface area contributed by atoms with Gasteiger partial charge in [-0.3, -0.25) is 4.79 Å². The Bertz CT molecular complexity index is 740. The van der Waals surface area contributed by atoms with Crippen molar-refractivity contribution in [2.75, 3.05) is 11.1 Å². The number of hydrogen-bond donors (Lipinski definition) is 2. The van der Waals surface area contributed by atoms with Crippen LogP contribution in [0.25, 0.3) is 0 Å². The molecule has 4 rings (SSSR count). The third-order valence-corrected chi connectivity index (χ3v) is 4.75. The van der Waals surface area contributed by atoms with Gasteiger partial charge >= 0.3 is 0 Å². The zero-order chi connectivity index (χ0) is 15.1. The smallest absolute Gasteiger partial charge is 0.226 e. The molecule has 4 nitrogen and oxygen atoms in total. The average Bonchev–Trinajstić information content (AvgIpc) is 2.55. The summed E-state index contributed by atoms with van der Waals surface area (Å²) in [7, 11) is 0. The SMILES string of the molecule is Nc1c2c(nc3c1C(c1ccccc1)CC(=O)N3)CCCC2. The Balaban J connectivity index is 1.91. The first-order valence-electron chi connectivity index (χ1n) is 7.90. The third-order valence-electron chi connectivity index (χ3n) is 4.75. The molecule has 0 bridgehead atoms. The van der Waals surface area contributed by atoms with Gasteiger partial charge in [0.1, 0.15) is 5.82 Å². The number of benzene rings is 1. The number of aryl methyl sites for hydroxylation is 1. The lowest BCUT2D eigenvalue weighted by atomic mass is 9.82. The summed E-state index contributed by atoms with van der Waals surface area (Å²) in [4.78, 5) is 16.8. The molecule has 4 heteroatoms. The van der Waals surface area contributed by atoms with Crippen molar-refractivity contribution < 1.29 is 4.79 Å². The van der Waals surface area contributed by atoms with Crippen molar-refractivity contribution in [2.24, 2.45) is 0 Å². The van der Waals surface area contributed by atoms with Crippen LogP contribution in [0.5, 0.6) is 0 Å². The molecule has 2 heterocycles. The van der Waals surface area contributed by atoms with E-state index in [0.29, 0.717) is 12.2 Å². The van der Waals surface area contributed by atoms with Crippen molar-refractivity contribution in [3.8, 4) is 0 Å². The highest BCUT2D eigenvalue weighted by atomic mass is 16.1. The number of hydrogen-bond acceptors (Lipinski definition) is 3. The molecule has 1 aliphatic carbocycles.